The van der Waals surface area contributed by atoms with Gasteiger partial charge in [0.05, 0.1) is 23.1 Å². The van der Waals surface area contributed by atoms with E-state index in [-0.39, 0.29) is 34.0 Å². The molecule has 0 radical (unpaired) electrons. The predicted molar refractivity (Wildman–Crippen MR) is 110 cm³/mol. The zero-order valence-corrected chi connectivity index (χ0v) is 17.1. The molecule has 1 atom stereocenters. The van der Waals surface area contributed by atoms with Crippen LogP contribution in [-0.2, 0) is 0 Å². The fraction of sp³-hybridized carbons (Fsp3) is 0.136. The Morgan fingerprint density at radius 3 is 2.55 bits per heavy atom. The maximum absolute atomic E-state index is 14.1. The second-order valence-corrected chi connectivity index (χ2v) is 7.01. The van der Waals surface area contributed by atoms with E-state index in [0.717, 1.165) is 12.4 Å². The van der Waals surface area contributed by atoms with Crippen molar-refractivity contribution in [2.45, 2.75) is 19.1 Å². The number of benzene rings is 1. The Labute approximate surface area is 185 Å². The summed E-state index contributed by atoms with van der Waals surface area (Å²) < 4.78 is 56.1. The van der Waals surface area contributed by atoms with Crippen LogP contribution in [0.25, 0.3) is 17.2 Å². The van der Waals surface area contributed by atoms with Crippen molar-refractivity contribution >= 4 is 5.91 Å². The van der Waals surface area contributed by atoms with Crippen molar-refractivity contribution in [3.63, 3.8) is 0 Å². The quantitative estimate of drug-likeness (QED) is 0.455. The molecule has 1 N–H and O–H groups in total. The molecule has 0 saturated carbocycles. The van der Waals surface area contributed by atoms with E-state index in [1.54, 1.807) is 18.2 Å². The molecule has 4 aromatic rings. The Morgan fingerprint density at radius 2 is 1.85 bits per heavy atom. The van der Waals surface area contributed by atoms with Crippen LogP contribution in [0.3, 0.4) is 0 Å². The SMILES string of the molecule is Cc1c(C(=O)N[C@H](c2cccnc2)C(F)(F)F)cnn1-c1nccc(-c2ccccc2F)n1. The van der Waals surface area contributed by atoms with Gasteiger partial charge in [-0.1, -0.05) is 18.2 Å². The molecule has 1 amide bonds. The second kappa shape index (κ2) is 8.77. The van der Waals surface area contributed by atoms with Crippen LogP contribution in [0.15, 0.2) is 67.3 Å². The number of alkyl halides is 3. The Kier molecular flexibility index (Phi) is 5.86. The molecule has 0 unspecified atom stereocenters. The van der Waals surface area contributed by atoms with E-state index in [0.29, 0.717) is 0 Å². The lowest BCUT2D eigenvalue weighted by Crippen LogP contribution is -2.38. The van der Waals surface area contributed by atoms with Crippen molar-refractivity contribution in [1.29, 1.82) is 0 Å². The molecule has 4 rings (SSSR count). The van der Waals surface area contributed by atoms with Gasteiger partial charge >= 0.3 is 6.18 Å². The topological polar surface area (TPSA) is 85.6 Å². The lowest BCUT2D eigenvalue weighted by atomic mass is 10.1. The highest BCUT2D eigenvalue weighted by Gasteiger charge is 2.42. The van der Waals surface area contributed by atoms with Gasteiger partial charge in [0.1, 0.15) is 5.82 Å². The molecule has 168 valence electrons. The van der Waals surface area contributed by atoms with Crippen LogP contribution in [0.2, 0.25) is 0 Å². The molecular formula is C22H16F4N6O. The molecule has 0 aliphatic heterocycles. The van der Waals surface area contributed by atoms with Gasteiger partial charge in [-0.3, -0.25) is 9.78 Å². The summed E-state index contributed by atoms with van der Waals surface area (Å²) in [5, 5.41) is 6.04. The largest absolute Gasteiger partial charge is 0.412 e. The lowest BCUT2D eigenvalue weighted by molar-refractivity contribution is -0.155. The number of rotatable bonds is 5. The maximum Gasteiger partial charge on any atom is 0.412 e. The monoisotopic (exact) mass is 456 g/mol. The van der Waals surface area contributed by atoms with Crippen LogP contribution in [0, 0.1) is 12.7 Å². The van der Waals surface area contributed by atoms with Crippen LogP contribution in [0.5, 0.6) is 0 Å². The molecule has 0 saturated heterocycles. The minimum atomic E-state index is -4.74. The van der Waals surface area contributed by atoms with Crippen molar-refractivity contribution in [1.82, 2.24) is 30.0 Å². The highest BCUT2D eigenvalue weighted by Crippen LogP contribution is 2.32. The molecule has 0 aliphatic rings. The molecule has 1 aromatic carbocycles. The van der Waals surface area contributed by atoms with Crippen LogP contribution in [0.4, 0.5) is 17.6 Å². The average Bonchev–Trinajstić information content (AvgIpc) is 3.19. The third-order valence-corrected chi connectivity index (χ3v) is 4.86. The maximum atomic E-state index is 14.1. The highest BCUT2D eigenvalue weighted by atomic mass is 19.4. The summed E-state index contributed by atoms with van der Waals surface area (Å²) in [6, 6.07) is 7.87. The summed E-state index contributed by atoms with van der Waals surface area (Å²) in [6.45, 7) is 1.49. The first-order valence-electron chi connectivity index (χ1n) is 9.66. The number of carbonyl (C=O) groups is 1. The predicted octanol–water partition coefficient (Wildman–Crippen LogP) is 4.21. The first-order valence-corrected chi connectivity index (χ1v) is 9.66. The Hall–Kier alpha value is -4.15. The van der Waals surface area contributed by atoms with Crippen LogP contribution in [0.1, 0.15) is 27.7 Å². The summed E-state index contributed by atoms with van der Waals surface area (Å²) in [4.78, 5) is 24.8. The second-order valence-electron chi connectivity index (χ2n) is 7.01. The molecule has 0 spiro atoms. The molecule has 3 heterocycles. The molecule has 3 aromatic heterocycles. The van der Waals surface area contributed by atoms with Gasteiger partial charge in [0.15, 0.2) is 6.04 Å². The molecule has 0 aliphatic carbocycles. The standard InChI is InChI=1S/C22H16F4N6O/c1-13-16(20(33)31-19(22(24,25)26)14-5-4-9-27-11-14)12-29-32(13)21-28-10-8-18(30-21)15-6-2-3-7-17(15)23/h2-12,19H,1H3,(H,31,33)/t19-/m1/s1. The van der Waals surface area contributed by atoms with E-state index in [9.17, 15) is 22.4 Å². The first kappa shape index (κ1) is 22.1. The van der Waals surface area contributed by atoms with Crippen molar-refractivity contribution in [2.75, 3.05) is 0 Å². The molecular weight excluding hydrogens is 440 g/mol. The van der Waals surface area contributed by atoms with Gasteiger partial charge in [-0.15, -0.1) is 0 Å². The van der Waals surface area contributed by atoms with Crippen molar-refractivity contribution in [2.24, 2.45) is 0 Å². The smallest absolute Gasteiger partial charge is 0.337 e. The fourth-order valence-electron chi connectivity index (χ4n) is 3.21. The zero-order valence-electron chi connectivity index (χ0n) is 17.1. The lowest BCUT2D eigenvalue weighted by Gasteiger charge is -2.21. The number of aromatic nitrogens is 5. The van der Waals surface area contributed by atoms with Gasteiger partial charge in [-0.05, 0) is 31.2 Å². The summed E-state index contributed by atoms with van der Waals surface area (Å²) in [6.07, 6.45) is 0.159. The average molecular weight is 456 g/mol. The van der Waals surface area contributed by atoms with E-state index in [4.69, 9.17) is 0 Å². The minimum Gasteiger partial charge on any atom is -0.337 e. The van der Waals surface area contributed by atoms with Gasteiger partial charge in [0, 0.05) is 29.7 Å². The molecule has 33 heavy (non-hydrogen) atoms. The zero-order chi connectivity index (χ0) is 23.6. The van der Waals surface area contributed by atoms with Crippen LogP contribution in [-0.4, -0.2) is 36.8 Å². The minimum absolute atomic E-state index is 0.0342. The van der Waals surface area contributed by atoms with Gasteiger partial charge in [0.2, 0.25) is 0 Å². The number of nitrogens with one attached hydrogen (secondary N) is 1. The number of carbonyl (C=O) groups excluding carboxylic acids is 1. The van der Waals surface area contributed by atoms with E-state index in [1.807, 2.05) is 5.32 Å². The number of amides is 1. The molecule has 11 heteroatoms. The van der Waals surface area contributed by atoms with E-state index in [2.05, 4.69) is 20.1 Å². The van der Waals surface area contributed by atoms with Gasteiger partial charge < -0.3 is 5.32 Å². The van der Waals surface area contributed by atoms with Crippen molar-refractivity contribution in [3.05, 3.63) is 89.9 Å². The number of halogens is 4. The summed E-state index contributed by atoms with van der Waals surface area (Å²) in [5.74, 6) is -1.42. The number of hydrogen-bond acceptors (Lipinski definition) is 5. The van der Waals surface area contributed by atoms with E-state index < -0.39 is 23.9 Å². The third-order valence-electron chi connectivity index (χ3n) is 4.86. The number of nitrogens with zero attached hydrogens (tertiary/aromatic N) is 5. The summed E-state index contributed by atoms with van der Waals surface area (Å²) in [5.41, 5.74) is 0.448. The van der Waals surface area contributed by atoms with Crippen LogP contribution < -0.4 is 5.32 Å². The van der Waals surface area contributed by atoms with Gasteiger partial charge in [-0.2, -0.15) is 18.3 Å². The fourth-order valence-corrected chi connectivity index (χ4v) is 3.21. The summed E-state index contributed by atoms with van der Waals surface area (Å²) in [7, 11) is 0. The Bertz CT molecular complexity index is 1290. The van der Waals surface area contributed by atoms with Gasteiger partial charge in [-0.25, -0.2) is 19.0 Å². The first-order chi connectivity index (χ1) is 15.8. The van der Waals surface area contributed by atoms with E-state index in [1.165, 1.54) is 48.3 Å². The Morgan fingerprint density at radius 1 is 1.06 bits per heavy atom. The molecule has 0 fully saturated rings. The molecule has 7 nitrogen and oxygen atoms in total. The van der Waals surface area contributed by atoms with Crippen molar-refractivity contribution < 1.29 is 22.4 Å². The molecule has 0 bridgehead atoms. The van der Waals surface area contributed by atoms with Gasteiger partial charge in [0.25, 0.3) is 11.9 Å². The van der Waals surface area contributed by atoms with Crippen LogP contribution >= 0.6 is 0 Å². The van der Waals surface area contributed by atoms with Crippen molar-refractivity contribution in [3.8, 4) is 17.2 Å². The number of pyridine rings is 1. The van der Waals surface area contributed by atoms with E-state index >= 15 is 0 Å². The number of hydrogen-bond donors (Lipinski definition) is 1. The highest BCUT2D eigenvalue weighted by molar-refractivity contribution is 5.95. The Balaban J connectivity index is 1.64. The normalized spacial score (nSPS) is 12.4. The summed E-state index contributed by atoms with van der Waals surface area (Å²) >= 11 is 0. The third kappa shape index (κ3) is 4.56.